The molecule has 4 nitrogen and oxygen atoms in total. The number of carbonyl (C=O) groups excluding carboxylic acids is 1. The van der Waals surface area contributed by atoms with Crippen LogP contribution in [0.3, 0.4) is 0 Å². The van der Waals surface area contributed by atoms with Crippen LogP contribution in [0.25, 0.3) is 0 Å². The molecule has 0 spiro atoms. The zero-order valence-corrected chi connectivity index (χ0v) is 20.7. The zero-order chi connectivity index (χ0) is 24.5. The summed E-state index contributed by atoms with van der Waals surface area (Å²) in [4.78, 5) is 14.2. The maximum atomic E-state index is 15.6. The molecule has 34 heavy (non-hydrogen) atoms. The molecule has 184 valence electrons. The fraction of sp³-hybridized carbons (Fsp3) is 0.480. The number of rotatable bonds is 8. The third kappa shape index (κ3) is 5.83. The number of piperidine rings is 1. The van der Waals surface area contributed by atoms with Gasteiger partial charge in [-0.2, -0.15) is 0 Å². The Balaban J connectivity index is 1.40. The molecule has 1 atom stereocenters. The van der Waals surface area contributed by atoms with Crippen molar-refractivity contribution in [3.8, 4) is 5.75 Å². The lowest BCUT2D eigenvalue weighted by Gasteiger charge is -2.39. The van der Waals surface area contributed by atoms with Gasteiger partial charge in [-0.3, -0.25) is 14.4 Å². The number of benzene rings is 2. The fourth-order valence-electron chi connectivity index (χ4n) is 4.42. The van der Waals surface area contributed by atoms with Crippen LogP contribution in [0.4, 0.5) is 13.2 Å². The number of amides is 1. The van der Waals surface area contributed by atoms with E-state index in [1.165, 1.54) is 24.3 Å². The summed E-state index contributed by atoms with van der Waals surface area (Å²) >= 11 is 7.09. The molecule has 1 heterocycles. The Bertz CT molecular complexity index is 1040. The Morgan fingerprint density at radius 2 is 1.94 bits per heavy atom. The van der Waals surface area contributed by atoms with E-state index in [1.54, 1.807) is 12.3 Å². The summed E-state index contributed by atoms with van der Waals surface area (Å²) in [5.41, 5.74) is -0.0755. The summed E-state index contributed by atoms with van der Waals surface area (Å²) in [5.74, 6) is -1.07. The van der Waals surface area contributed by atoms with Gasteiger partial charge in [0.25, 0.3) is 5.91 Å². The van der Waals surface area contributed by atoms with Crippen molar-refractivity contribution in [1.29, 1.82) is 0 Å². The van der Waals surface area contributed by atoms with Crippen molar-refractivity contribution in [2.45, 2.75) is 50.2 Å². The van der Waals surface area contributed by atoms with Gasteiger partial charge in [0, 0.05) is 36.5 Å². The molecule has 2 fully saturated rings. The number of nitrogens with one attached hydrogen (secondary N) is 1. The van der Waals surface area contributed by atoms with E-state index in [2.05, 4.69) is 9.62 Å². The SMILES string of the molecule is CSNC(=O)c1cc(C2CC2)c(OCC2(F)CCN(C(C)c3cc(F)cc(Cl)c3)CC2)cc1F. The van der Waals surface area contributed by atoms with E-state index in [9.17, 15) is 13.6 Å². The highest BCUT2D eigenvalue weighted by Crippen LogP contribution is 2.45. The molecule has 1 aliphatic heterocycles. The van der Waals surface area contributed by atoms with Gasteiger partial charge in [-0.05, 0) is 73.9 Å². The van der Waals surface area contributed by atoms with Gasteiger partial charge < -0.3 is 4.74 Å². The highest BCUT2D eigenvalue weighted by atomic mass is 35.5. The van der Waals surface area contributed by atoms with Crippen molar-refractivity contribution >= 4 is 29.5 Å². The van der Waals surface area contributed by atoms with Crippen LogP contribution >= 0.6 is 23.5 Å². The highest BCUT2D eigenvalue weighted by Gasteiger charge is 2.38. The topological polar surface area (TPSA) is 41.6 Å². The molecule has 0 radical (unpaired) electrons. The van der Waals surface area contributed by atoms with Crippen molar-refractivity contribution in [1.82, 2.24) is 9.62 Å². The van der Waals surface area contributed by atoms with Gasteiger partial charge in [-0.1, -0.05) is 23.5 Å². The van der Waals surface area contributed by atoms with Crippen molar-refractivity contribution in [2.24, 2.45) is 0 Å². The number of ether oxygens (including phenoxy) is 1. The minimum atomic E-state index is -1.55. The van der Waals surface area contributed by atoms with E-state index in [0.29, 0.717) is 23.9 Å². The second kappa shape index (κ2) is 10.4. The molecule has 1 aliphatic carbocycles. The monoisotopic (exact) mass is 512 g/mol. The lowest BCUT2D eigenvalue weighted by molar-refractivity contribution is 0.00611. The molecule has 1 unspecified atom stereocenters. The number of alkyl halides is 1. The van der Waals surface area contributed by atoms with E-state index in [1.807, 2.05) is 6.92 Å². The standard InChI is InChI=1S/C25H28ClF3N2O2S/c1-15(17-9-18(26)11-19(27)10-17)31-7-5-25(29,6-8-31)14-33-23-13-22(28)21(24(32)30-34-2)12-20(23)16-3-4-16/h9-13,15-16H,3-8,14H2,1-2H3,(H,30,32). The van der Waals surface area contributed by atoms with Gasteiger partial charge in [0.1, 0.15) is 29.7 Å². The lowest BCUT2D eigenvalue weighted by Crippen LogP contribution is -2.45. The normalized spacial score (nSPS) is 19.0. The average Bonchev–Trinajstić information content (AvgIpc) is 3.63. The largest absolute Gasteiger partial charge is 0.490 e. The molecule has 0 bridgehead atoms. The smallest absolute Gasteiger partial charge is 0.264 e. The fourth-order valence-corrected chi connectivity index (χ4v) is 4.95. The van der Waals surface area contributed by atoms with Gasteiger partial charge in [0.05, 0.1) is 5.56 Å². The summed E-state index contributed by atoms with van der Waals surface area (Å²) in [6, 6.07) is 7.08. The molecule has 1 saturated carbocycles. The third-order valence-corrected chi connectivity index (χ3v) is 7.26. The van der Waals surface area contributed by atoms with E-state index in [0.717, 1.165) is 35.9 Å². The van der Waals surface area contributed by atoms with E-state index >= 15 is 4.39 Å². The first-order valence-corrected chi connectivity index (χ1v) is 13.0. The average molecular weight is 513 g/mol. The minimum Gasteiger partial charge on any atom is -0.490 e. The van der Waals surface area contributed by atoms with Gasteiger partial charge in [0.2, 0.25) is 0 Å². The molecule has 2 aliphatic rings. The van der Waals surface area contributed by atoms with Gasteiger partial charge in [-0.15, -0.1) is 0 Å². The molecule has 1 amide bonds. The number of carbonyl (C=O) groups is 1. The molecule has 9 heteroatoms. The van der Waals surface area contributed by atoms with Crippen LogP contribution in [0.5, 0.6) is 5.75 Å². The second-order valence-corrected chi connectivity index (χ2v) is 10.2. The van der Waals surface area contributed by atoms with Crippen LogP contribution in [-0.2, 0) is 0 Å². The van der Waals surface area contributed by atoms with Crippen LogP contribution in [0.1, 0.15) is 66.1 Å². The molecule has 0 aromatic heterocycles. The Morgan fingerprint density at radius 3 is 2.56 bits per heavy atom. The number of likely N-dealkylation sites (tertiary alicyclic amines) is 1. The van der Waals surface area contributed by atoms with E-state index in [4.69, 9.17) is 16.3 Å². The first-order valence-electron chi connectivity index (χ1n) is 11.4. The predicted octanol–water partition coefficient (Wildman–Crippen LogP) is 6.45. The molecule has 1 N–H and O–H groups in total. The Morgan fingerprint density at radius 1 is 1.24 bits per heavy atom. The molecular formula is C25H28ClF3N2O2S. The highest BCUT2D eigenvalue weighted by molar-refractivity contribution is 7.97. The summed E-state index contributed by atoms with van der Waals surface area (Å²) < 4.78 is 52.3. The van der Waals surface area contributed by atoms with Gasteiger partial charge in [-0.25, -0.2) is 13.2 Å². The maximum absolute atomic E-state index is 15.6. The Kier molecular flexibility index (Phi) is 7.69. The van der Waals surface area contributed by atoms with Gasteiger partial charge in [0.15, 0.2) is 0 Å². The summed E-state index contributed by atoms with van der Waals surface area (Å²) in [6.07, 6.45) is 4.05. The number of nitrogens with zero attached hydrogens (tertiary/aromatic N) is 1. The third-order valence-electron chi connectivity index (χ3n) is 6.65. The maximum Gasteiger partial charge on any atom is 0.264 e. The quantitative estimate of drug-likeness (QED) is 0.413. The molecule has 4 rings (SSSR count). The summed E-state index contributed by atoms with van der Waals surface area (Å²) in [6.45, 7) is 2.72. The van der Waals surface area contributed by atoms with Crippen LogP contribution in [-0.4, -0.2) is 42.4 Å². The number of hydrogen-bond donors (Lipinski definition) is 1. The van der Waals surface area contributed by atoms with E-state index in [-0.39, 0.29) is 37.0 Å². The van der Waals surface area contributed by atoms with Crippen molar-refractivity contribution < 1.29 is 22.7 Å². The number of hydrogen-bond acceptors (Lipinski definition) is 4. The van der Waals surface area contributed by atoms with Crippen molar-refractivity contribution in [3.63, 3.8) is 0 Å². The molecular weight excluding hydrogens is 485 g/mol. The Hall–Kier alpha value is -1.90. The first-order chi connectivity index (χ1) is 16.2. The van der Waals surface area contributed by atoms with Crippen LogP contribution in [0, 0.1) is 11.6 Å². The van der Waals surface area contributed by atoms with Gasteiger partial charge >= 0.3 is 0 Å². The van der Waals surface area contributed by atoms with Crippen LogP contribution < -0.4 is 9.46 Å². The Labute approximate surface area is 207 Å². The van der Waals surface area contributed by atoms with Crippen LogP contribution in [0.15, 0.2) is 30.3 Å². The van der Waals surface area contributed by atoms with Crippen molar-refractivity contribution in [2.75, 3.05) is 26.0 Å². The lowest BCUT2D eigenvalue weighted by atomic mass is 9.92. The predicted molar refractivity (Wildman–Crippen MR) is 129 cm³/mol. The minimum absolute atomic E-state index is 0.0293. The number of halogens is 4. The molecule has 2 aromatic rings. The summed E-state index contributed by atoms with van der Waals surface area (Å²) in [5, 5.41) is 0.336. The second-order valence-electron chi connectivity index (χ2n) is 9.13. The first kappa shape index (κ1) is 25.2. The summed E-state index contributed by atoms with van der Waals surface area (Å²) in [7, 11) is 0. The van der Waals surface area contributed by atoms with E-state index < -0.39 is 23.2 Å². The zero-order valence-electron chi connectivity index (χ0n) is 19.2. The molecule has 1 saturated heterocycles. The molecule has 2 aromatic carbocycles. The van der Waals surface area contributed by atoms with Crippen molar-refractivity contribution in [3.05, 3.63) is 63.7 Å². The van der Waals surface area contributed by atoms with Crippen LogP contribution in [0.2, 0.25) is 5.02 Å².